The first-order valence-electron chi connectivity index (χ1n) is 6.45. The SMILES string of the molecule is CCC(C)N(CC)CCC1CCCC1=O. The lowest BCUT2D eigenvalue weighted by molar-refractivity contribution is -0.120. The number of carbonyl (C=O) groups is 1. The maximum atomic E-state index is 11.5. The lowest BCUT2D eigenvalue weighted by atomic mass is 10.0. The van der Waals surface area contributed by atoms with Crippen molar-refractivity contribution in [3.63, 3.8) is 0 Å². The van der Waals surface area contributed by atoms with Crippen LogP contribution in [0.15, 0.2) is 0 Å². The van der Waals surface area contributed by atoms with Crippen LogP contribution in [-0.4, -0.2) is 29.8 Å². The van der Waals surface area contributed by atoms with E-state index in [1.807, 2.05) is 0 Å². The van der Waals surface area contributed by atoms with Crippen molar-refractivity contribution in [3.8, 4) is 0 Å². The van der Waals surface area contributed by atoms with E-state index < -0.39 is 0 Å². The fourth-order valence-corrected chi connectivity index (χ4v) is 2.46. The number of ketones is 1. The highest BCUT2D eigenvalue weighted by atomic mass is 16.1. The van der Waals surface area contributed by atoms with Crippen molar-refractivity contribution in [1.29, 1.82) is 0 Å². The van der Waals surface area contributed by atoms with Crippen LogP contribution in [0.4, 0.5) is 0 Å². The van der Waals surface area contributed by atoms with Gasteiger partial charge in [0.15, 0.2) is 0 Å². The first-order chi connectivity index (χ1) is 7.19. The molecular weight excluding hydrogens is 186 g/mol. The Morgan fingerprint density at radius 2 is 2.20 bits per heavy atom. The van der Waals surface area contributed by atoms with Gasteiger partial charge >= 0.3 is 0 Å². The van der Waals surface area contributed by atoms with Crippen molar-refractivity contribution < 1.29 is 4.79 Å². The lowest BCUT2D eigenvalue weighted by Gasteiger charge is -2.27. The molecule has 0 aromatic heterocycles. The van der Waals surface area contributed by atoms with Crippen molar-refractivity contribution >= 4 is 5.78 Å². The minimum Gasteiger partial charge on any atom is -0.301 e. The second-order valence-corrected chi connectivity index (χ2v) is 4.73. The van der Waals surface area contributed by atoms with Gasteiger partial charge in [-0.25, -0.2) is 0 Å². The van der Waals surface area contributed by atoms with Crippen LogP contribution in [0.3, 0.4) is 0 Å². The molecule has 2 nitrogen and oxygen atoms in total. The molecule has 1 fully saturated rings. The van der Waals surface area contributed by atoms with Gasteiger partial charge in [0, 0.05) is 18.4 Å². The van der Waals surface area contributed by atoms with Gasteiger partial charge in [0.2, 0.25) is 0 Å². The monoisotopic (exact) mass is 211 g/mol. The summed E-state index contributed by atoms with van der Waals surface area (Å²) in [5, 5.41) is 0. The van der Waals surface area contributed by atoms with Crippen LogP contribution in [0, 0.1) is 5.92 Å². The van der Waals surface area contributed by atoms with Crippen molar-refractivity contribution in [2.75, 3.05) is 13.1 Å². The number of carbonyl (C=O) groups excluding carboxylic acids is 1. The highest BCUT2D eigenvalue weighted by Crippen LogP contribution is 2.24. The van der Waals surface area contributed by atoms with Gasteiger partial charge in [0.25, 0.3) is 0 Å². The van der Waals surface area contributed by atoms with Crippen LogP contribution in [-0.2, 0) is 4.79 Å². The molecule has 1 saturated carbocycles. The molecule has 2 heteroatoms. The fraction of sp³-hybridized carbons (Fsp3) is 0.923. The minimum absolute atomic E-state index is 0.378. The zero-order valence-electron chi connectivity index (χ0n) is 10.5. The van der Waals surface area contributed by atoms with E-state index in [0.717, 1.165) is 38.8 Å². The van der Waals surface area contributed by atoms with Gasteiger partial charge in [-0.1, -0.05) is 13.8 Å². The van der Waals surface area contributed by atoms with Crippen molar-refractivity contribution in [2.45, 2.75) is 58.9 Å². The Balaban J connectivity index is 2.30. The molecule has 0 aromatic carbocycles. The molecule has 1 aliphatic carbocycles. The number of nitrogens with zero attached hydrogens (tertiary/aromatic N) is 1. The second-order valence-electron chi connectivity index (χ2n) is 4.73. The fourth-order valence-electron chi connectivity index (χ4n) is 2.46. The van der Waals surface area contributed by atoms with Crippen LogP contribution in [0.2, 0.25) is 0 Å². The Kier molecular flexibility index (Phi) is 5.30. The van der Waals surface area contributed by atoms with Crippen molar-refractivity contribution in [2.24, 2.45) is 5.92 Å². The van der Waals surface area contributed by atoms with Crippen LogP contribution < -0.4 is 0 Å². The Hall–Kier alpha value is -0.370. The first kappa shape index (κ1) is 12.7. The van der Waals surface area contributed by atoms with E-state index >= 15 is 0 Å². The maximum absolute atomic E-state index is 11.5. The Morgan fingerprint density at radius 3 is 2.67 bits per heavy atom. The molecule has 0 radical (unpaired) electrons. The normalized spacial score (nSPS) is 23.7. The summed E-state index contributed by atoms with van der Waals surface area (Å²) in [6, 6.07) is 0.659. The van der Waals surface area contributed by atoms with E-state index in [-0.39, 0.29) is 0 Å². The molecule has 15 heavy (non-hydrogen) atoms. The third-order valence-electron chi connectivity index (χ3n) is 3.82. The molecule has 0 aliphatic heterocycles. The summed E-state index contributed by atoms with van der Waals surface area (Å²) in [6.07, 6.45) is 5.37. The number of rotatable bonds is 6. The van der Waals surface area contributed by atoms with Crippen LogP contribution >= 0.6 is 0 Å². The first-order valence-corrected chi connectivity index (χ1v) is 6.45. The third-order valence-corrected chi connectivity index (χ3v) is 3.82. The van der Waals surface area contributed by atoms with Crippen LogP contribution in [0.1, 0.15) is 52.9 Å². The van der Waals surface area contributed by atoms with E-state index in [0.29, 0.717) is 17.7 Å². The van der Waals surface area contributed by atoms with E-state index in [9.17, 15) is 4.79 Å². The van der Waals surface area contributed by atoms with E-state index in [4.69, 9.17) is 0 Å². The summed E-state index contributed by atoms with van der Waals surface area (Å²) in [5.41, 5.74) is 0. The Labute approximate surface area is 94.0 Å². The number of Topliss-reactive ketones (excluding diaryl/α,β-unsaturated/α-hetero) is 1. The van der Waals surface area contributed by atoms with Gasteiger partial charge < -0.3 is 4.90 Å². The van der Waals surface area contributed by atoms with Gasteiger partial charge in [-0.15, -0.1) is 0 Å². The van der Waals surface area contributed by atoms with Gasteiger partial charge in [0.1, 0.15) is 5.78 Å². The largest absolute Gasteiger partial charge is 0.301 e. The Bertz CT molecular complexity index is 203. The average Bonchev–Trinajstić information content (AvgIpc) is 2.65. The predicted octanol–water partition coefficient (Wildman–Crippen LogP) is 2.87. The summed E-state index contributed by atoms with van der Waals surface area (Å²) < 4.78 is 0. The molecule has 0 spiro atoms. The zero-order valence-corrected chi connectivity index (χ0v) is 10.5. The molecule has 2 atom stereocenters. The van der Waals surface area contributed by atoms with E-state index in [1.54, 1.807) is 0 Å². The minimum atomic E-state index is 0.378. The van der Waals surface area contributed by atoms with Crippen molar-refractivity contribution in [1.82, 2.24) is 4.90 Å². The van der Waals surface area contributed by atoms with Gasteiger partial charge in [-0.2, -0.15) is 0 Å². The summed E-state index contributed by atoms with van der Waals surface area (Å²) in [6.45, 7) is 8.93. The molecule has 0 N–H and O–H groups in total. The lowest BCUT2D eigenvalue weighted by Crippen LogP contribution is -2.34. The highest BCUT2D eigenvalue weighted by Gasteiger charge is 2.24. The molecule has 2 unspecified atom stereocenters. The molecule has 0 bridgehead atoms. The van der Waals surface area contributed by atoms with E-state index in [2.05, 4.69) is 25.7 Å². The van der Waals surface area contributed by atoms with Crippen LogP contribution in [0.5, 0.6) is 0 Å². The molecule has 0 amide bonds. The Morgan fingerprint density at radius 1 is 1.47 bits per heavy atom. The van der Waals surface area contributed by atoms with Crippen LogP contribution in [0.25, 0.3) is 0 Å². The highest BCUT2D eigenvalue weighted by molar-refractivity contribution is 5.82. The standard InChI is InChI=1S/C13H25NO/c1-4-11(3)14(5-2)10-9-12-7-6-8-13(12)15/h11-12H,4-10H2,1-3H3. The smallest absolute Gasteiger partial charge is 0.136 e. The summed E-state index contributed by atoms with van der Waals surface area (Å²) in [5.74, 6) is 0.887. The van der Waals surface area contributed by atoms with Gasteiger partial charge in [-0.3, -0.25) is 4.79 Å². The molecule has 88 valence electrons. The summed E-state index contributed by atoms with van der Waals surface area (Å²) >= 11 is 0. The third kappa shape index (κ3) is 3.60. The zero-order chi connectivity index (χ0) is 11.3. The quantitative estimate of drug-likeness (QED) is 0.673. The molecular formula is C13H25NO. The maximum Gasteiger partial charge on any atom is 0.136 e. The molecule has 0 heterocycles. The van der Waals surface area contributed by atoms with Gasteiger partial charge in [-0.05, 0) is 45.7 Å². The molecule has 0 aromatic rings. The predicted molar refractivity (Wildman–Crippen MR) is 64.0 cm³/mol. The number of hydrogen-bond acceptors (Lipinski definition) is 2. The second kappa shape index (κ2) is 6.26. The molecule has 0 saturated heterocycles. The van der Waals surface area contributed by atoms with E-state index in [1.165, 1.54) is 6.42 Å². The number of hydrogen-bond donors (Lipinski definition) is 0. The van der Waals surface area contributed by atoms with Gasteiger partial charge in [0.05, 0.1) is 0 Å². The topological polar surface area (TPSA) is 20.3 Å². The molecule has 1 rings (SSSR count). The summed E-state index contributed by atoms with van der Waals surface area (Å²) in [7, 11) is 0. The summed E-state index contributed by atoms with van der Waals surface area (Å²) in [4.78, 5) is 14.0. The molecule has 1 aliphatic rings. The van der Waals surface area contributed by atoms with Crippen molar-refractivity contribution in [3.05, 3.63) is 0 Å². The average molecular weight is 211 g/mol.